The van der Waals surface area contributed by atoms with Crippen LogP contribution < -0.4 is 5.32 Å². The molecule has 2 N–H and O–H groups in total. The molecular formula is C10H11N5O3S. The van der Waals surface area contributed by atoms with E-state index < -0.39 is 5.97 Å². The van der Waals surface area contributed by atoms with Gasteiger partial charge in [0.15, 0.2) is 5.69 Å². The van der Waals surface area contributed by atoms with Crippen molar-refractivity contribution >= 4 is 23.2 Å². The molecule has 0 aliphatic rings. The topological polar surface area (TPSA) is 110 Å². The van der Waals surface area contributed by atoms with Gasteiger partial charge in [-0.3, -0.25) is 4.79 Å². The van der Waals surface area contributed by atoms with E-state index in [0.29, 0.717) is 23.7 Å². The van der Waals surface area contributed by atoms with Crippen molar-refractivity contribution in [2.75, 3.05) is 6.54 Å². The summed E-state index contributed by atoms with van der Waals surface area (Å²) in [4.78, 5) is 26.9. The molecule has 0 fully saturated rings. The lowest BCUT2D eigenvalue weighted by atomic mass is 10.4. The lowest BCUT2D eigenvalue weighted by molar-refractivity contribution is 0.0690. The van der Waals surface area contributed by atoms with E-state index in [1.165, 1.54) is 22.2 Å². The third kappa shape index (κ3) is 3.13. The molecule has 2 aromatic heterocycles. The zero-order valence-electron chi connectivity index (χ0n) is 10.0. The first-order chi connectivity index (χ1) is 9.08. The first-order valence-electron chi connectivity index (χ1n) is 5.39. The minimum Gasteiger partial charge on any atom is -0.476 e. The number of nitrogens with one attached hydrogen (secondary N) is 1. The first-order valence-corrected chi connectivity index (χ1v) is 6.27. The summed E-state index contributed by atoms with van der Waals surface area (Å²) in [7, 11) is 0. The molecule has 0 spiro atoms. The van der Waals surface area contributed by atoms with Crippen LogP contribution in [0.1, 0.15) is 25.9 Å². The SMILES string of the molecule is Cc1ncsc1C(=O)NCCn1cc(C(=O)O)nn1. The zero-order chi connectivity index (χ0) is 13.8. The Balaban J connectivity index is 1.85. The van der Waals surface area contributed by atoms with E-state index in [2.05, 4.69) is 20.6 Å². The van der Waals surface area contributed by atoms with Gasteiger partial charge in [0, 0.05) is 6.54 Å². The van der Waals surface area contributed by atoms with Gasteiger partial charge in [-0.15, -0.1) is 16.4 Å². The van der Waals surface area contributed by atoms with E-state index in [1.807, 2.05) is 0 Å². The monoisotopic (exact) mass is 281 g/mol. The molecule has 100 valence electrons. The summed E-state index contributed by atoms with van der Waals surface area (Å²) in [6.45, 7) is 2.45. The molecule has 0 saturated carbocycles. The second kappa shape index (κ2) is 5.57. The van der Waals surface area contributed by atoms with Gasteiger partial charge in [-0.25, -0.2) is 14.5 Å². The third-order valence-electron chi connectivity index (χ3n) is 2.34. The maximum absolute atomic E-state index is 11.8. The maximum atomic E-state index is 11.8. The normalized spacial score (nSPS) is 10.4. The summed E-state index contributed by atoms with van der Waals surface area (Å²) in [6, 6.07) is 0. The Morgan fingerprint density at radius 3 is 2.89 bits per heavy atom. The number of hydrogen-bond donors (Lipinski definition) is 2. The van der Waals surface area contributed by atoms with Crippen molar-refractivity contribution in [3.63, 3.8) is 0 Å². The Kier molecular flexibility index (Phi) is 3.85. The number of aryl methyl sites for hydroxylation is 1. The van der Waals surface area contributed by atoms with Crippen molar-refractivity contribution in [3.8, 4) is 0 Å². The third-order valence-corrected chi connectivity index (χ3v) is 3.26. The second-order valence-electron chi connectivity index (χ2n) is 3.69. The van der Waals surface area contributed by atoms with Crippen molar-refractivity contribution in [2.45, 2.75) is 13.5 Å². The van der Waals surface area contributed by atoms with E-state index in [1.54, 1.807) is 12.4 Å². The number of carbonyl (C=O) groups is 2. The summed E-state index contributed by atoms with van der Waals surface area (Å²) in [5.41, 5.74) is 2.18. The Hall–Kier alpha value is -2.29. The second-order valence-corrected chi connectivity index (χ2v) is 4.55. The standard InChI is InChI=1S/C10H11N5O3S/c1-6-8(19-5-12-6)9(16)11-2-3-15-4-7(10(17)18)13-14-15/h4-5H,2-3H2,1H3,(H,11,16)(H,17,18). The summed E-state index contributed by atoms with van der Waals surface area (Å²) in [5.74, 6) is -1.32. The highest BCUT2D eigenvalue weighted by atomic mass is 32.1. The number of rotatable bonds is 5. The van der Waals surface area contributed by atoms with E-state index in [9.17, 15) is 9.59 Å². The number of carboxylic acids is 1. The van der Waals surface area contributed by atoms with Gasteiger partial charge in [0.2, 0.25) is 0 Å². The number of amides is 1. The first kappa shape index (κ1) is 13.1. The van der Waals surface area contributed by atoms with Gasteiger partial charge in [0.1, 0.15) is 4.88 Å². The maximum Gasteiger partial charge on any atom is 0.358 e. The van der Waals surface area contributed by atoms with Gasteiger partial charge >= 0.3 is 5.97 Å². The molecule has 2 heterocycles. The minimum atomic E-state index is -1.13. The molecule has 19 heavy (non-hydrogen) atoms. The van der Waals surface area contributed by atoms with Gasteiger partial charge in [-0.05, 0) is 6.92 Å². The molecule has 8 nitrogen and oxygen atoms in total. The van der Waals surface area contributed by atoms with Crippen LogP contribution in [0.25, 0.3) is 0 Å². The molecule has 0 bridgehead atoms. The average molecular weight is 281 g/mol. The smallest absolute Gasteiger partial charge is 0.358 e. The van der Waals surface area contributed by atoms with Gasteiger partial charge < -0.3 is 10.4 Å². The molecule has 2 aromatic rings. The molecule has 1 amide bonds. The van der Waals surface area contributed by atoms with Gasteiger partial charge in [0.05, 0.1) is 23.9 Å². The highest BCUT2D eigenvalue weighted by molar-refractivity contribution is 7.11. The molecular weight excluding hydrogens is 270 g/mol. The molecule has 0 radical (unpaired) electrons. The molecule has 0 aliphatic carbocycles. The van der Waals surface area contributed by atoms with E-state index in [0.717, 1.165) is 0 Å². The predicted octanol–water partition coefficient (Wildman–Crippen LogP) is 0.171. The van der Waals surface area contributed by atoms with Crippen molar-refractivity contribution in [2.24, 2.45) is 0 Å². The van der Waals surface area contributed by atoms with Crippen LogP contribution >= 0.6 is 11.3 Å². The van der Waals surface area contributed by atoms with Crippen LogP contribution in [0.5, 0.6) is 0 Å². The molecule has 0 aliphatic heterocycles. The van der Waals surface area contributed by atoms with Crippen LogP contribution in [0.4, 0.5) is 0 Å². The predicted molar refractivity (Wildman–Crippen MR) is 66.2 cm³/mol. The highest BCUT2D eigenvalue weighted by Gasteiger charge is 2.11. The van der Waals surface area contributed by atoms with Crippen LogP contribution in [0, 0.1) is 6.92 Å². The number of hydrogen-bond acceptors (Lipinski definition) is 6. The van der Waals surface area contributed by atoms with Crippen molar-refractivity contribution in [1.82, 2.24) is 25.3 Å². The zero-order valence-corrected chi connectivity index (χ0v) is 10.8. The number of nitrogens with zero attached hydrogens (tertiary/aromatic N) is 4. The van der Waals surface area contributed by atoms with Gasteiger partial charge in [-0.1, -0.05) is 5.21 Å². The Labute approximate surface area is 112 Å². The average Bonchev–Trinajstić information content (AvgIpc) is 2.97. The largest absolute Gasteiger partial charge is 0.476 e. The number of carboxylic acid groups (broad SMARTS) is 1. The lowest BCUT2D eigenvalue weighted by Crippen LogP contribution is -2.27. The number of thiazole rings is 1. The Bertz CT molecular complexity index is 606. The number of aromatic carboxylic acids is 1. The summed E-state index contributed by atoms with van der Waals surface area (Å²) >= 11 is 1.28. The van der Waals surface area contributed by atoms with Crippen LogP contribution in [0.3, 0.4) is 0 Å². The van der Waals surface area contributed by atoms with E-state index >= 15 is 0 Å². The summed E-state index contributed by atoms with van der Waals surface area (Å²) < 4.78 is 1.36. The summed E-state index contributed by atoms with van der Waals surface area (Å²) in [6.07, 6.45) is 1.31. The van der Waals surface area contributed by atoms with Gasteiger partial charge in [-0.2, -0.15) is 0 Å². The molecule has 0 saturated heterocycles. The number of aromatic nitrogens is 4. The Morgan fingerprint density at radius 2 is 2.32 bits per heavy atom. The van der Waals surface area contributed by atoms with Crippen LogP contribution in [0.15, 0.2) is 11.7 Å². The van der Waals surface area contributed by atoms with Crippen molar-refractivity contribution < 1.29 is 14.7 Å². The van der Waals surface area contributed by atoms with E-state index in [4.69, 9.17) is 5.11 Å². The minimum absolute atomic E-state index is 0.121. The fourth-order valence-corrected chi connectivity index (χ4v) is 2.11. The molecule has 2 rings (SSSR count). The van der Waals surface area contributed by atoms with Crippen LogP contribution in [0.2, 0.25) is 0 Å². The van der Waals surface area contributed by atoms with Gasteiger partial charge in [0.25, 0.3) is 5.91 Å². The fourth-order valence-electron chi connectivity index (χ4n) is 1.39. The molecule has 0 unspecified atom stereocenters. The summed E-state index contributed by atoms with van der Waals surface area (Å²) in [5, 5.41) is 18.5. The Morgan fingerprint density at radius 1 is 1.53 bits per heavy atom. The molecule has 9 heteroatoms. The molecule has 0 atom stereocenters. The van der Waals surface area contributed by atoms with Crippen LogP contribution in [-0.2, 0) is 6.54 Å². The highest BCUT2D eigenvalue weighted by Crippen LogP contribution is 2.11. The number of carbonyl (C=O) groups excluding carboxylic acids is 1. The lowest BCUT2D eigenvalue weighted by Gasteiger charge is -2.03. The van der Waals surface area contributed by atoms with E-state index in [-0.39, 0.29) is 11.6 Å². The van der Waals surface area contributed by atoms with Crippen molar-refractivity contribution in [3.05, 3.63) is 28.0 Å². The van der Waals surface area contributed by atoms with Crippen LogP contribution in [-0.4, -0.2) is 43.5 Å². The molecule has 0 aromatic carbocycles. The quantitative estimate of drug-likeness (QED) is 0.808. The fraction of sp³-hybridized carbons (Fsp3) is 0.300. The van der Waals surface area contributed by atoms with Crippen molar-refractivity contribution in [1.29, 1.82) is 0 Å².